The zero-order chi connectivity index (χ0) is 15.2. The van der Waals surface area contributed by atoms with Crippen molar-refractivity contribution in [3.63, 3.8) is 0 Å². The Kier molecular flexibility index (Phi) is 5.06. The number of carbonyl (C=O) groups excluding carboxylic acids is 1. The van der Waals surface area contributed by atoms with Crippen LogP contribution in [0.5, 0.6) is 5.75 Å². The first kappa shape index (κ1) is 15.2. The fourth-order valence-corrected chi connectivity index (χ4v) is 2.22. The van der Waals surface area contributed by atoms with E-state index < -0.39 is 6.61 Å². The van der Waals surface area contributed by atoms with Gasteiger partial charge in [0.05, 0.1) is 18.2 Å². The van der Waals surface area contributed by atoms with E-state index in [-0.39, 0.29) is 17.2 Å². The number of nitriles is 1. The zero-order valence-electron chi connectivity index (χ0n) is 11.3. The van der Waals surface area contributed by atoms with Gasteiger partial charge in [-0.25, -0.2) is 0 Å². The van der Waals surface area contributed by atoms with Crippen LogP contribution in [0, 0.1) is 11.3 Å². The summed E-state index contributed by atoms with van der Waals surface area (Å²) < 4.78 is 29.1. The van der Waals surface area contributed by atoms with Gasteiger partial charge in [0.15, 0.2) is 0 Å². The molecule has 5 nitrogen and oxygen atoms in total. The maximum atomic E-state index is 12.4. The number of alkyl halides is 2. The Morgan fingerprint density at radius 3 is 2.57 bits per heavy atom. The molecule has 1 heterocycles. The largest absolute Gasteiger partial charge is 0.434 e. The lowest BCUT2D eigenvalue weighted by molar-refractivity contribution is -0.0503. The van der Waals surface area contributed by atoms with Crippen molar-refractivity contribution >= 4 is 5.91 Å². The molecule has 0 N–H and O–H groups in total. The van der Waals surface area contributed by atoms with Crippen molar-refractivity contribution in [2.24, 2.45) is 0 Å². The van der Waals surface area contributed by atoms with E-state index in [4.69, 9.17) is 5.26 Å². The third-order valence-electron chi connectivity index (χ3n) is 3.29. The monoisotopic (exact) mass is 295 g/mol. The third-order valence-corrected chi connectivity index (χ3v) is 3.29. The highest BCUT2D eigenvalue weighted by atomic mass is 19.3. The van der Waals surface area contributed by atoms with Gasteiger partial charge in [-0.15, -0.1) is 0 Å². The summed E-state index contributed by atoms with van der Waals surface area (Å²) in [6.45, 7) is -0.527. The van der Waals surface area contributed by atoms with Crippen LogP contribution in [0.2, 0.25) is 0 Å². The summed E-state index contributed by atoms with van der Waals surface area (Å²) >= 11 is 0. The standard InChI is InChI=1S/C14H15F2N3O2/c15-14(16)21-12-4-2-1-3-11(12)13(20)19-9-7-18(6-5-17)8-10-19/h1-4,14H,6-10H2. The smallest absolute Gasteiger partial charge is 0.387 e. The minimum absolute atomic E-state index is 0.114. The lowest BCUT2D eigenvalue weighted by Gasteiger charge is -2.33. The van der Waals surface area contributed by atoms with Gasteiger partial charge in [-0.05, 0) is 12.1 Å². The highest BCUT2D eigenvalue weighted by Crippen LogP contribution is 2.22. The molecule has 0 saturated carbocycles. The van der Waals surface area contributed by atoms with Gasteiger partial charge < -0.3 is 9.64 Å². The summed E-state index contributed by atoms with van der Waals surface area (Å²) in [6, 6.07) is 8.04. The SMILES string of the molecule is N#CCN1CCN(C(=O)c2ccccc2OC(F)F)CC1. The molecule has 0 radical (unpaired) electrons. The van der Waals surface area contributed by atoms with Gasteiger partial charge in [0, 0.05) is 26.2 Å². The molecule has 7 heteroatoms. The Morgan fingerprint density at radius 1 is 1.29 bits per heavy atom. The van der Waals surface area contributed by atoms with Gasteiger partial charge in [-0.2, -0.15) is 14.0 Å². The Bertz CT molecular complexity index is 537. The number of piperazine rings is 1. The van der Waals surface area contributed by atoms with Crippen LogP contribution in [0.1, 0.15) is 10.4 Å². The molecule has 1 saturated heterocycles. The van der Waals surface area contributed by atoms with E-state index in [1.165, 1.54) is 12.1 Å². The number of hydrogen-bond acceptors (Lipinski definition) is 4. The number of rotatable bonds is 4. The molecule has 0 aromatic heterocycles. The maximum absolute atomic E-state index is 12.4. The fourth-order valence-electron chi connectivity index (χ4n) is 2.22. The Balaban J connectivity index is 2.06. The summed E-state index contributed by atoms with van der Waals surface area (Å²) in [5, 5.41) is 8.63. The molecule has 1 fully saturated rings. The van der Waals surface area contributed by atoms with E-state index in [2.05, 4.69) is 10.8 Å². The fraction of sp³-hybridized carbons (Fsp3) is 0.429. The highest BCUT2D eigenvalue weighted by molar-refractivity contribution is 5.97. The van der Waals surface area contributed by atoms with Gasteiger partial charge in [0.2, 0.25) is 0 Å². The van der Waals surface area contributed by atoms with Crippen LogP contribution in [-0.4, -0.2) is 55.0 Å². The van der Waals surface area contributed by atoms with Crippen molar-refractivity contribution in [3.05, 3.63) is 29.8 Å². The van der Waals surface area contributed by atoms with Gasteiger partial charge in [-0.3, -0.25) is 9.69 Å². The number of hydrogen-bond donors (Lipinski definition) is 0. The summed E-state index contributed by atoms with van der Waals surface area (Å²) in [4.78, 5) is 15.9. The molecular weight excluding hydrogens is 280 g/mol. The number of para-hydroxylation sites is 1. The number of carbonyl (C=O) groups is 1. The van der Waals surface area contributed by atoms with Crippen molar-refractivity contribution in [2.75, 3.05) is 32.7 Å². The second-order valence-corrected chi connectivity index (χ2v) is 4.60. The van der Waals surface area contributed by atoms with E-state index in [1.807, 2.05) is 4.90 Å². The van der Waals surface area contributed by atoms with Crippen LogP contribution in [0.3, 0.4) is 0 Å². The lowest BCUT2D eigenvalue weighted by Crippen LogP contribution is -2.48. The number of nitrogens with zero attached hydrogens (tertiary/aromatic N) is 3. The summed E-state index contributed by atoms with van der Waals surface area (Å²) in [5.74, 6) is -0.445. The number of benzene rings is 1. The zero-order valence-corrected chi connectivity index (χ0v) is 11.3. The molecule has 0 atom stereocenters. The van der Waals surface area contributed by atoms with Crippen LogP contribution in [0.25, 0.3) is 0 Å². The molecule has 1 aromatic carbocycles. The minimum Gasteiger partial charge on any atom is -0.434 e. The summed E-state index contributed by atoms with van der Waals surface area (Å²) in [6.07, 6.45) is 0. The molecule has 0 aliphatic carbocycles. The van der Waals surface area contributed by atoms with Crippen molar-refractivity contribution in [1.82, 2.24) is 9.80 Å². The molecule has 112 valence electrons. The second-order valence-electron chi connectivity index (χ2n) is 4.60. The van der Waals surface area contributed by atoms with E-state index in [0.717, 1.165) is 0 Å². The first-order valence-corrected chi connectivity index (χ1v) is 6.54. The molecule has 0 spiro atoms. The average Bonchev–Trinajstić information content (AvgIpc) is 2.48. The van der Waals surface area contributed by atoms with E-state index in [0.29, 0.717) is 32.7 Å². The summed E-state index contributed by atoms with van der Waals surface area (Å²) in [7, 11) is 0. The molecule has 2 rings (SSSR count). The van der Waals surface area contributed by atoms with Crippen LogP contribution in [-0.2, 0) is 0 Å². The first-order valence-electron chi connectivity index (χ1n) is 6.54. The van der Waals surface area contributed by atoms with E-state index >= 15 is 0 Å². The molecule has 1 aromatic rings. The lowest BCUT2D eigenvalue weighted by atomic mass is 10.1. The average molecular weight is 295 g/mol. The highest BCUT2D eigenvalue weighted by Gasteiger charge is 2.24. The van der Waals surface area contributed by atoms with Crippen molar-refractivity contribution in [3.8, 4) is 11.8 Å². The molecule has 1 aliphatic rings. The number of halogens is 2. The van der Waals surface area contributed by atoms with Crippen LogP contribution < -0.4 is 4.74 Å². The van der Waals surface area contributed by atoms with Crippen molar-refractivity contribution in [2.45, 2.75) is 6.61 Å². The molecule has 0 unspecified atom stereocenters. The molecule has 1 aliphatic heterocycles. The molecule has 1 amide bonds. The predicted molar refractivity (Wildman–Crippen MR) is 71.0 cm³/mol. The summed E-state index contributed by atoms with van der Waals surface area (Å²) in [5.41, 5.74) is 0.131. The van der Waals surface area contributed by atoms with E-state index in [9.17, 15) is 13.6 Å². The van der Waals surface area contributed by atoms with Gasteiger partial charge in [0.1, 0.15) is 5.75 Å². The third kappa shape index (κ3) is 3.89. The first-order chi connectivity index (χ1) is 10.1. The number of amides is 1. The van der Waals surface area contributed by atoms with Gasteiger partial charge in [-0.1, -0.05) is 12.1 Å². The quantitative estimate of drug-likeness (QED) is 0.791. The minimum atomic E-state index is -2.97. The van der Waals surface area contributed by atoms with E-state index in [1.54, 1.807) is 17.0 Å². The van der Waals surface area contributed by atoms with Crippen LogP contribution >= 0.6 is 0 Å². The Hall–Kier alpha value is -2.20. The normalized spacial score (nSPS) is 15.8. The molecule has 21 heavy (non-hydrogen) atoms. The van der Waals surface area contributed by atoms with Gasteiger partial charge >= 0.3 is 6.61 Å². The Morgan fingerprint density at radius 2 is 1.95 bits per heavy atom. The molecule has 0 bridgehead atoms. The second kappa shape index (κ2) is 6.99. The van der Waals surface area contributed by atoms with Crippen LogP contribution in [0.4, 0.5) is 8.78 Å². The van der Waals surface area contributed by atoms with Gasteiger partial charge in [0.25, 0.3) is 5.91 Å². The number of ether oxygens (including phenoxy) is 1. The topological polar surface area (TPSA) is 56.6 Å². The van der Waals surface area contributed by atoms with Crippen LogP contribution in [0.15, 0.2) is 24.3 Å². The Labute approximate surface area is 121 Å². The molecular formula is C14H15F2N3O2. The maximum Gasteiger partial charge on any atom is 0.387 e. The van der Waals surface area contributed by atoms with Crippen molar-refractivity contribution < 1.29 is 18.3 Å². The predicted octanol–water partition coefficient (Wildman–Crippen LogP) is 1.57. The van der Waals surface area contributed by atoms with Crippen molar-refractivity contribution in [1.29, 1.82) is 5.26 Å².